The minimum absolute atomic E-state index is 0.0591. The fourth-order valence-corrected chi connectivity index (χ4v) is 3.14. The third-order valence-electron chi connectivity index (χ3n) is 3.00. The zero-order valence-electron chi connectivity index (χ0n) is 13.1. The summed E-state index contributed by atoms with van der Waals surface area (Å²) in [4.78, 5) is -0.147. The zero-order valence-corrected chi connectivity index (χ0v) is 13.9. The maximum Gasteiger partial charge on any atom is 0.573 e. The van der Waals surface area contributed by atoms with Gasteiger partial charge in [0.2, 0.25) is 0 Å². The molecule has 0 heterocycles. The molecule has 0 saturated carbocycles. The fourth-order valence-electron chi connectivity index (χ4n) is 1.93. The van der Waals surface area contributed by atoms with Crippen molar-refractivity contribution in [3.8, 4) is 17.2 Å². The lowest BCUT2D eigenvalue weighted by molar-refractivity contribution is -0.274. The van der Waals surface area contributed by atoms with Gasteiger partial charge in [-0.05, 0) is 36.4 Å². The Balaban J connectivity index is 2.24. The molecule has 0 spiro atoms. The Morgan fingerprint density at radius 2 is 1.52 bits per heavy atom. The van der Waals surface area contributed by atoms with Gasteiger partial charge in [0.05, 0.1) is 14.2 Å². The van der Waals surface area contributed by atoms with E-state index in [2.05, 4.69) is 9.46 Å². The average Bonchev–Trinajstić information content (AvgIpc) is 2.54. The highest BCUT2D eigenvalue weighted by Gasteiger charge is 2.31. The van der Waals surface area contributed by atoms with Crippen molar-refractivity contribution in [2.45, 2.75) is 11.3 Å². The summed E-state index contributed by atoms with van der Waals surface area (Å²) < 4.78 is 77.3. The van der Waals surface area contributed by atoms with E-state index in [9.17, 15) is 21.6 Å². The molecule has 2 aromatic carbocycles. The number of rotatable bonds is 6. The van der Waals surface area contributed by atoms with Crippen molar-refractivity contribution in [1.29, 1.82) is 0 Å². The molecule has 0 aliphatic rings. The molecule has 0 aliphatic carbocycles. The normalized spacial score (nSPS) is 11.7. The average molecular weight is 377 g/mol. The third kappa shape index (κ3) is 4.92. The summed E-state index contributed by atoms with van der Waals surface area (Å²) in [6.45, 7) is 0. The van der Waals surface area contributed by atoms with E-state index in [1.807, 2.05) is 0 Å². The van der Waals surface area contributed by atoms with Gasteiger partial charge in [0.15, 0.2) is 0 Å². The first-order chi connectivity index (χ1) is 11.6. The number of nitrogens with one attached hydrogen (secondary N) is 1. The second-order valence-corrected chi connectivity index (χ2v) is 6.35. The second kappa shape index (κ2) is 7.09. The van der Waals surface area contributed by atoms with E-state index in [0.717, 1.165) is 24.3 Å². The monoisotopic (exact) mass is 377 g/mol. The number of alkyl halides is 3. The van der Waals surface area contributed by atoms with Crippen LogP contribution < -0.4 is 18.9 Å². The molecule has 0 saturated heterocycles. The molecular weight excluding hydrogens is 363 g/mol. The van der Waals surface area contributed by atoms with E-state index < -0.39 is 22.1 Å². The lowest BCUT2D eigenvalue weighted by atomic mass is 10.3. The molecule has 0 radical (unpaired) electrons. The van der Waals surface area contributed by atoms with Crippen molar-refractivity contribution < 1.29 is 35.8 Å². The van der Waals surface area contributed by atoms with Crippen LogP contribution >= 0.6 is 0 Å². The standard InChI is InChI=1S/C15H14F3NO5S/c1-22-12-7-8-14(13(9-12)23-2)25(20,21)19-10-3-5-11(6-4-10)24-15(16,17)18/h3-9,19H,1-2H3. The van der Waals surface area contributed by atoms with Gasteiger partial charge in [-0.2, -0.15) is 0 Å². The molecule has 2 aromatic rings. The second-order valence-electron chi connectivity index (χ2n) is 4.69. The van der Waals surface area contributed by atoms with Crippen molar-refractivity contribution in [3.05, 3.63) is 42.5 Å². The molecule has 0 aliphatic heterocycles. The molecule has 0 amide bonds. The molecular formula is C15H14F3NO5S. The van der Waals surface area contributed by atoms with Crippen molar-refractivity contribution in [1.82, 2.24) is 0 Å². The minimum atomic E-state index is -4.82. The van der Waals surface area contributed by atoms with E-state index in [1.54, 1.807) is 0 Å². The van der Waals surface area contributed by atoms with Gasteiger partial charge in [-0.15, -0.1) is 13.2 Å². The number of anilines is 1. The zero-order chi connectivity index (χ0) is 18.7. The number of halogens is 3. The van der Waals surface area contributed by atoms with Crippen molar-refractivity contribution in [2.24, 2.45) is 0 Å². The topological polar surface area (TPSA) is 73.9 Å². The van der Waals surface area contributed by atoms with Crippen LogP contribution in [0.15, 0.2) is 47.4 Å². The van der Waals surface area contributed by atoms with Crippen molar-refractivity contribution >= 4 is 15.7 Å². The Morgan fingerprint density at radius 1 is 0.920 bits per heavy atom. The highest BCUT2D eigenvalue weighted by atomic mass is 32.2. The van der Waals surface area contributed by atoms with E-state index in [-0.39, 0.29) is 16.3 Å². The van der Waals surface area contributed by atoms with Gasteiger partial charge < -0.3 is 14.2 Å². The van der Waals surface area contributed by atoms with Crippen LogP contribution in [0.3, 0.4) is 0 Å². The maximum absolute atomic E-state index is 12.5. The first-order valence-electron chi connectivity index (χ1n) is 6.75. The summed E-state index contributed by atoms with van der Waals surface area (Å²) in [7, 11) is -1.30. The minimum Gasteiger partial charge on any atom is -0.497 e. The van der Waals surface area contributed by atoms with E-state index in [1.165, 1.54) is 32.4 Å². The summed E-state index contributed by atoms with van der Waals surface area (Å²) in [5.41, 5.74) is 0.0624. The summed E-state index contributed by atoms with van der Waals surface area (Å²) in [5.74, 6) is 0.00537. The van der Waals surface area contributed by atoms with Gasteiger partial charge in [-0.3, -0.25) is 4.72 Å². The number of hydrogen-bond acceptors (Lipinski definition) is 5. The Morgan fingerprint density at radius 3 is 2.04 bits per heavy atom. The van der Waals surface area contributed by atoms with Gasteiger partial charge in [0, 0.05) is 11.8 Å². The first-order valence-corrected chi connectivity index (χ1v) is 8.23. The van der Waals surface area contributed by atoms with Crippen LogP contribution in [0.2, 0.25) is 0 Å². The number of ether oxygens (including phenoxy) is 3. The first kappa shape index (κ1) is 18.7. The smallest absolute Gasteiger partial charge is 0.497 e. The Kier molecular flexibility index (Phi) is 5.31. The molecule has 10 heteroatoms. The van der Waals surface area contributed by atoms with E-state index in [0.29, 0.717) is 5.75 Å². The Labute approximate surface area is 142 Å². The number of sulfonamides is 1. The van der Waals surface area contributed by atoms with E-state index in [4.69, 9.17) is 9.47 Å². The fraction of sp³-hybridized carbons (Fsp3) is 0.200. The van der Waals surface area contributed by atoms with Gasteiger partial charge in [-0.1, -0.05) is 0 Å². The molecule has 0 bridgehead atoms. The SMILES string of the molecule is COc1ccc(S(=O)(=O)Nc2ccc(OC(F)(F)F)cc2)c(OC)c1. The van der Waals surface area contributed by atoms with Gasteiger partial charge >= 0.3 is 6.36 Å². The molecule has 0 fully saturated rings. The lowest BCUT2D eigenvalue weighted by Crippen LogP contribution is -2.17. The van der Waals surface area contributed by atoms with Crippen LogP contribution in [0.5, 0.6) is 17.2 Å². The highest BCUT2D eigenvalue weighted by molar-refractivity contribution is 7.92. The highest BCUT2D eigenvalue weighted by Crippen LogP contribution is 2.30. The number of hydrogen-bond donors (Lipinski definition) is 1. The summed E-state index contributed by atoms with van der Waals surface area (Å²) in [5, 5.41) is 0. The van der Waals surface area contributed by atoms with Crippen LogP contribution in [0.1, 0.15) is 0 Å². The van der Waals surface area contributed by atoms with Crippen molar-refractivity contribution in [3.63, 3.8) is 0 Å². The Hall–Kier alpha value is -2.62. The van der Waals surface area contributed by atoms with Gasteiger partial charge in [-0.25, -0.2) is 8.42 Å². The Bertz CT molecular complexity index is 835. The molecule has 2 rings (SSSR count). The molecule has 0 unspecified atom stereocenters. The maximum atomic E-state index is 12.5. The summed E-state index contributed by atoms with van der Waals surface area (Å²) >= 11 is 0. The van der Waals surface area contributed by atoms with Crippen LogP contribution in [-0.2, 0) is 10.0 Å². The largest absolute Gasteiger partial charge is 0.573 e. The number of methoxy groups -OCH3 is 2. The summed E-state index contributed by atoms with van der Waals surface area (Å²) in [6, 6.07) is 8.42. The molecule has 1 N–H and O–H groups in total. The number of benzene rings is 2. The van der Waals surface area contributed by atoms with Crippen LogP contribution in [0, 0.1) is 0 Å². The quantitative estimate of drug-likeness (QED) is 0.835. The molecule has 0 atom stereocenters. The third-order valence-corrected chi connectivity index (χ3v) is 4.42. The molecule has 6 nitrogen and oxygen atoms in total. The predicted octanol–water partition coefficient (Wildman–Crippen LogP) is 3.40. The molecule has 0 aromatic heterocycles. The van der Waals surface area contributed by atoms with E-state index >= 15 is 0 Å². The summed E-state index contributed by atoms with van der Waals surface area (Å²) in [6.07, 6.45) is -4.82. The van der Waals surface area contributed by atoms with Gasteiger partial charge in [0.1, 0.15) is 22.1 Å². The lowest BCUT2D eigenvalue weighted by Gasteiger charge is -2.13. The van der Waals surface area contributed by atoms with Crippen LogP contribution in [0.4, 0.5) is 18.9 Å². The van der Waals surface area contributed by atoms with Crippen molar-refractivity contribution in [2.75, 3.05) is 18.9 Å². The molecule has 25 heavy (non-hydrogen) atoms. The van der Waals surface area contributed by atoms with Crippen LogP contribution in [0.25, 0.3) is 0 Å². The van der Waals surface area contributed by atoms with Gasteiger partial charge in [0.25, 0.3) is 10.0 Å². The van der Waals surface area contributed by atoms with Crippen LogP contribution in [-0.4, -0.2) is 29.0 Å². The predicted molar refractivity (Wildman–Crippen MR) is 83.5 cm³/mol. The molecule has 136 valence electrons.